The maximum absolute atomic E-state index is 6.08. The van der Waals surface area contributed by atoms with E-state index in [4.69, 9.17) is 9.15 Å². The van der Waals surface area contributed by atoms with Gasteiger partial charge in [-0.25, -0.2) is 0 Å². The van der Waals surface area contributed by atoms with E-state index in [1.807, 2.05) is 24.3 Å². The second-order valence-electron chi connectivity index (χ2n) is 7.13. The molecule has 0 spiro atoms. The quantitative estimate of drug-likeness (QED) is 0.712. The highest BCUT2D eigenvalue weighted by Crippen LogP contribution is 2.43. The summed E-state index contributed by atoms with van der Waals surface area (Å²) in [5.74, 6) is 0.952. The fourth-order valence-corrected chi connectivity index (χ4v) is 4.33. The molecule has 3 heterocycles. The number of hydrogen-bond acceptors (Lipinski definition) is 3. The van der Waals surface area contributed by atoms with Gasteiger partial charge in [-0.15, -0.1) is 0 Å². The fourth-order valence-electron chi connectivity index (χ4n) is 4.33. The van der Waals surface area contributed by atoms with Crippen LogP contribution in [-0.2, 0) is 0 Å². The smallest absolute Gasteiger partial charge is 0.135 e. The highest BCUT2D eigenvalue weighted by molar-refractivity contribution is 6.05. The van der Waals surface area contributed by atoms with Gasteiger partial charge in [0.1, 0.15) is 16.9 Å². The van der Waals surface area contributed by atoms with Crippen molar-refractivity contribution in [2.45, 2.75) is 19.3 Å². The van der Waals surface area contributed by atoms with Gasteiger partial charge in [0.2, 0.25) is 0 Å². The third-order valence-electron chi connectivity index (χ3n) is 5.73. The molecule has 0 N–H and O–H groups in total. The standard InChI is InChI=1S/C20H21NO2/c1-2-4-18-16(3-1)17-13-15(5-6-19(17)23-18)22-12-9-20-7-10-21(14-20)11-8-20/h1-6,13H,7-12,14H2. The summed E-state index contributed by atoms with van der Waals surface area (Å²) in [5, 5.41) is 2.30. The molecule has 23 heavy (non-hydrogen) atoms. The van der Waals surface area contributed by atoms with Crippen LogP contribution in [0.1, 0.15) is 19.3 Å². The molecule has 0 aliphatic carbocycles. The molecule has 5 rings (SSSR count). The first-order valence-corrected chi connectivity index (χ1v) is 8.58. The summed E-state index contributed by atoms with van der Waals surface area (Å²) in [7, 11) is 0. The number of benzene rings is 2. The normalized spacial score (nSPS) is 26.3. The van der Waals surface area contributed by atoms with E-state index in [-0.39, 0.29) is 0 Å². The molecule has 3 aromatic rings. The maximum atomic E-state index is 6.08. The Hall–Kier alpha value is -2.00. The number of para-hydroxylation sites is 1. The largest absolute Gasteiger partial charge is 0.494 e. The van der Waals surface area contributed by atoms with Gasteiger partial charge < -0.3 is 14.1 Å². The van der Waals surface area contributed by atoms with Crippen LogP contribution in [0.3, 0.4) is 0 Å². The molecule has 3 heteroatoms. The molecule has 0 amide bonds. The Morgan fingerprint density at radius 3 is 2.65 bits per heavy atom. The van der Waals surface area contributed by atoms with E-state index in [0.29, 0.717) is 5.41 Å². The van der Waals surface area contributed by atoms with E-state index < -0.39 is 0 Å². The molecule has 2 bridgehead atoms. The minimum Gasteiger partial charge on any atom is -0.494 e. The summed E-state index contributed by atoms with van der Waals surface area (Å²) in [6.07, 6.45) is 3.87. The van der Waals surface area contributed by atoms with Crippen LogP contribution in [0, 0.1) is 5.41 Å². The van der Waals surface area contributed by atoms with Crippen molar-refractivity contribution in [3.05, 3.63) is 42.5 Å². The third-order valence-corrected chi connectivity index (χ3v) is 5.73. The van der Waals surface area contributed by atoms with Gasteiger partial charge in [-0.1, -0.05) is 18.2 Å². The zero-order chi connectivity index (χ0) is 15.3. The van der Waals surface area contributed by atoms with Crippen molar-refractivity contribution >= 4 is 21.9 Å². The lowest BCUT2D eigenvalue weighted by atomic mass is 9.82. The molecule has 2 fully saturated rings. The lowest BCUT2D eigenvalue weighted by Crippen LogP contribution is -2.22. The summed E-state index contributed by atoms with van der Waals surface area (Å²) in [6, 6.07) is 14.3. The molecule has 0 saturated carbocycles. The molecule has 0 atom stereocenters. The predicted molar refractivity (Wildman–Crippen MR) is 91.9 cm³/mol. The van der Waals surface area contributed by atoms with Crippen molar-refractivity contribution in [1.29, 1.82) is 0 Å². The molecule has 2 aliphatic rings. The summed E-state index contributed by atoms with van der Waals surface area (Å²) >= 11 is 0. The van der Waals surface area contributed by atoms with E-state index >= 15 is 0 Å². The molecule has 2 saturated heterocycles. The molecular formula is C20H21NO2. The van der Waals surface area contributed by atoms with Crippen LogP contribution in [0.25, 0.3) is 21.9 Å². The lowest BCUT2D eigenvalue weighted by Gasteiger charge is -2.24. The maximum Gasteiger partial charge on any atom is 0.135 e. The van der Waals surface area contributed by atoms with Gasteiger partial charge in [0.15, 0.2) is 0 Å². The minimum absolute atomic E-state index is 0.534. The van der Waals surface area contributed by atoms with Crippen LogP contribution < -0.4 is 4.74 Å². The van der Waals surface area contributed by atoms with Crippen LogP contribution >= 0.6 is 0 Å². The number of fused-ring (bicyclic) bond motifs is 5. The number of rotatable bonds is 4. The van der Waals surface area contributed by atoms with Gasteiger partial charge in [0, 0.05) is 17.3 Å². The van der Waals surface area contributed by atoms with Crippen molar-refractivity contribution in [1.82, 2.24) is 4.90 Å². The Morgan fingerprint density at radius 2 is 1.83 bits per heavy atom. The van der Waals surface area contributed by atoms with E-state index in [1.165, 1.54) is 38.9 Å². The average Bonchev–Trinajstić information content (AvgIpc) is 3.27. The Morgan fingerprint density at radius 1 is 1.00 bits per heavy atom. The van der Waals surface area contributed by atoms with Gasteiger partial charge >= 0.3 is 0 Å². The van der Waals surface area contributed by atoms with Crippen molar-refractivity contribution in [3.8, 4) is 5.75 Å². The van der Waals surface area contributed by atoms with Gasteiger partial charge in [0.05, 0.1) is 6.61 Å². The van der Waals surface area contributed by atoms with Crippen molar-refractivity contribution in [3.63, 3.8) is 0 Å². The summed E-state index contributed by atoms with van der Waals surface area (Å²) < 4.78 is 12.0. The molecule has 0 unspecified atom stereocenters. The molecule has 118 valence electrons. The van der Waals surface area contributed by atoms with E-state index in [2.05, 4.69) is 23.1 Å². The second-order valence-corrected chi connectivity index (χ2v) is 7.13. The number of hydrogen-bond donors (Lipinski definition) is 0. The third kappa shape index (κ3) is 2.22. The number of furan rings is 1. The van der Waals surface area contributed by atoms with E-state index in [9.17, 15) is 0 Å². The van der Waals surface area contributed by atoms with E-state index in [1.54, 1.807) is 0 Å². The van der Waals surface area contributed by atoms with Crippen LogP contribution in [0.2, 0.25) is 0 Å². The molecule has 0 radical (unpaired) electrons. The van der Waals surface area contributed by atoms with Crippen LogP contribution in [0.5, 0.6) is 5.75 Å². The monoisotopic (exact) mass is 307 g/mol. The van der Waals surface area contributed by atoms with Gasteiger partial charge in [-0.2, -0.15) is 0 Å². The van der Waals surface area contributed by atoms with Crippen molar-refractivity contribution in [2.75, 3.05) is 26.2 Å². The predicted octanol–water partition coefficient (Wildman–Crippen LogP) is 4.45. The summed E-state index contributed by atoms with van der Waals surface area (Å²) in [4.78, 5) is 2.59. The second kappa shape index (κ2) is 5.00. The van der Waals surface area contributed by atoms with Gasteiger partial charge in [-0.05, 0) is 62.0 Å². The van der Waals surface area contributed by atoms with Gasteiger partial charge in [-0.3, -0.25) is 0 Å². The van der Waals surface area contributed by atoms with Crippen LogP contribution in [0.4, 0.5) is 0 Å². The van der Waals surface area contributed by atoms with Crippen molar-refractivity contribution < 1.29 is 9.15 Å². The Balaban J connectivity index is 1.35. The first-order valence-electron chi connectivity index (χ1n) is 8.58. The number of nitrogens with zero attached hydrogens (tertiary/aromatic N) is 1. The Labute approximate surface area is 135 Å². The average molecular weight is 307 g/mol. The Kier molecular flexibility index (Phi) is 2.92. The summed E-state index contributed by atoms with van der Waals surface area (Å²) in [6.45, 7) is 4.66. The SMILES string of the molecule is c1ccc2c(c1)oc1ccc(OCCC34CCN(CC3)C4)cc12. The molecule has 2 aliphatic heterocycles. The van der Waals surface area contributed by atoms with Crippen LogP contribution in [0.15, 0.2) is 46.9 Å². The van der Waals surface area contributed by atoms with Crippen LogP contribution in [-0.4, -0.2) is 31.1 Å². The molecule has 3 nitrogen and oxygen atoms in total. The van der Waals surface area contributed by atoms with Gasteiger partial charge in [0.25, 0.3) is 0 Å². The molecule has 2 aromatic carbocycles. The zero-order valence-electron chi connectivity index (χ0n) is 13.3. The molecule has 1 aromatic heterocycles. The number of ether oxygens (including phenoxy) is 1. The number of piperidine rings is 1. The first kappa shape index (κ1) is 13.4. The lowest BCUT2D eigenvalue weighted by molar-refractivity contribution is 0.215. The highest BCUT2D eigenvalue weighted by atomic mass is 16.5. The zero-order valence-corrected chi connectivity index (χ0v) is 13.3. The first-order chi connectivity index (χ1) is 11.3. The topological polar surface area (TPSA) is 25.6 Å². The fraction of sp³-hybridized carbons (Fsp3) is 0.400. The van der Waals surface area contributed by atoms with E-state index in [0.717, 1.165) is 34.3 Å². The molecular weight excluding hydrogens is 286 g/mol. The van der Waals surface area contributed by atoms with Crippen molar-refractivity contribution in [2.24, 2.45) is 5.41 Å². The summed E-state index contributed by atoms with van der Waals surface area (Å²) in [5.41, 5.74) is 2.40. The Bertz CT molecular complexity index is 858. The minimum atomic E-state index is 0.534. The highest BCUT2D eigenvalue weighted by Gasteiger charge is 2.43.